The lowest BCUT2D eigenvalue weighted by atomic mass is 10.0. The lowest BCUT2D eigenvalue weighted by Crippen LogP contribution is -2.46. The van der Waals surface area contributed by atoms with E-state index in [0.717, 1.165) is 49.6 Å². The number of carbonyl (C=O) groups is 1. The third-order valence-electron chi connectivity index (χ3n) is 4.46. The van der Waals surface area contributed by atoms with Gasteiger partial charge in [0.1, 0.15) is 0 Å². The number of halogens is 1. The van der Waals surface area contributed by atoms with Gasteiger partial charge in [-0.25, -0.2) is 0 Å². The first-order chi connectivity index (χ1) is 10.5. The van der Waals surface area contributed by atoms with Crippen molar-refractivity contribution >= 4 is 17.6 Å². The largest absolute Gasteiger partial charge is 0.480 e. The molecule has 0 saturated carbocycles. The summed E-state index contributed by atoms with van der Waals surface area (Å²) < 4.78 is 0. The SMILES string of the molecule is CCN(CC(=O)O)C1CCN(Cc2ccc(C)c(Cl)c2)CC1. The van der Waals surface area contributed by atoms with Crippen molar-refractivity contribution in [3.63, 3.8) is 0 Å². The summed E-state index contributed by atoms with van der Waals surface area (Å²) >= 11 is 6.18. The average Bonchev–Trinajstić information content (AvgIpc) is 2.49. The number of likely N-dealkylation sites (N-methyl/N-ethyl adjacent to an activating group) is 1. The minimum atomic E-state index is -0.737. The molecule has 0 radical (unpaired) electrons. The molecule has 22 heavy (non-hydrogen) atoms. The molecule has 1 aliphatic rings. The summed E-state index contributed by atoms with van der Waals surface area (Å²) in [7, 11) is 0. The maximum absolute atomic E-state index is 10.9. The summed E-state index contributed by atoms with van der Waals surface area (Å²) in [5.74, 6) is -0.737. The number of nitrogens with zero attached hydrogens (tertiary/aromatic N) is 2. The molecular weight excluding hydrogens is 300 g/mol. The van der Waals surface area contributed by atoms with E-state index in [4.69, 9.17) is 16.7 Å². The van der Waals surface area contributed by atoms with Crippen LogP contribution in [0.1, 0.15) is 30.9 Å². The molecule has 0 aromatic heterocycles. The highest BCUT2D eigenvalue weighted by atomic mass is 35.5. The van der Waals surface area contributed by atoms with Crippen molar-refractivity contribution in [2.45, 2.75) is 39.3 Å². The Balaban J connectivity index is 1.86. The normalized spacial score (nSPS) is 17.1. The molecule has 0 aliphatic carbocycles. The zero-order valence-corrected chi connectivity index (χ0v) is 14.1. The van der Waals surface area contributed by atoms with Gasteiger partial charge in [-0.15, -0.1) is 0 Å². The Morgan fingerprint density at radius 2 is 2.09 bits per heavy atom. The summed E-state index contributed by atoms with van der Waals surface area (Å²) in [4.78, 5) is 15.4. The van der Waals surface area contributed by atoms with Gasteiger partial charge in [-0.3, -0.25) is 14.6 Å². The fourth-order valence-electron chi connectivity index (χ4n) is 3.11. The van der Waals surface area contributed by atoms with Gasteiger partial charge in [-0.05, 0) is 56.6 Å². The van der Waals surface area contributed by atoms with E-state index in [-0.39, 0.29) is 6.54 Å². The van der Waals surface area contributed by atoms with Gasteiger partial charge < -0.3 is 5.11 Å². The first-order valence-electron chi connectivity index (χ1n) is 7.92. The second-order valence-electron chi connectivity index (χ2n) is 6.05. The third kappa shape index (κ3) is 4.70. The van der Waals surface area contributed by atoms with Crippen molar-refractivity contribution in [3.8, 4) is 0 Å². The van der Waals surface area contributed by atoms with Crippen molar-refractivity contribution in [2.75, 3.05) is 26.2 Å². The van der Waals surface area contributed by atoms with Gasteiger partial charge in [0.25, 0.3) is 0 Å². The summed E-state index contributed by atoms with van der Waals surface area (Å²) in [5.41, 5.74) is 2.35. The molecule has 0 amide bonds. The minimum absolute atomic E-state index is 0.148. The fraction of sp³-hybridized carbons (Fsp3) is 0.588. The summed E-state index contributed by atoms with van der Waals surface area (Å²) in [6, 6.07) is 6.64. The van der Waals surface area contributed by atoms with Crippen LogP contribution in [0.5, 0.6) is 0 Å². The van der Waals surface area contributed by atoms with E-state index >= 15 is 0 Å². The van der Waals surface area contributed by atoms with Gasteiger partial charge in [0, 0.05) is 17.6 Å². The zero-order valence-electron chi connectivity index (χ0n) is 13.4. The number of piperidine rings is 1. The molecule has 1 saturated heterocycles. The maximum atomic E-state index is 10.9. The van der Waals surface area contributed by atoms with Gasteiger partial charge in [0.2, 0.25) is 0 Å². The van der Waals surface area contributed by atoms with Crippen LogP contribution in [0.2, 0.25) is 5.02 Å². The Morgan fingerprint density at radius 3 is 2.64 bits per heavy atom. The van der Waals surface area contributed by atoms with Crippen molar-refractivity contribution < 1.29 is 9.90 Å². The summed E-state index contributed by atoms with van der Waals surface area (Å²) in [6.45, 7) is 7.92. The molecule has 1 aliphatic heterocycles. The zero-order chi connectivity index (χ0) is 16.1. The number of likely N-dealkylation sites (tertiary alicyclic amines) is 1. The molecule has 0 bridgehead atoms. The number of hydrogen-bond acceptors (Lipinski definition) is 3. The minimum Gasteiger partial charge on any atom is -0.480 e. The smallest absolute Gasteiger partial charge is 0.317 e. The van der Waals surface area contributed by atoms with E-state index in [0.29, 0.717) is 6.04 Å². The van der Waals surface area contributed by atoms with Crippen molar-refractivity contribution in [1.29, 1.82) is 0 Å². The monoisotopic (exact) mass is 324 g/mol. The van der Waals surface area contributed by atoms with Crippen LogP contribution in [0.25, 0.3) is 0 Å². The van der Waals surface area contributed by atoms with Crippen LogP contribution in [0.15, 0.2) is 18.2 Å². The van der Waals surface area contributed by atoms with Crippen LogP contribution >= 0.6 is 11.6 Å². The quantitative estimate of drug-likeness (QED) is 0.873. The lowest BCUT2D eigenvalue weighted by Gasteiger charge is -2.37. The molecule has 122 valence electrons. The molecule has 0 spiro atoms. The highest BCUT2D eigenvalue weighted by molar-refractivity contribution is 6.31. The molecular formula is C17H25ClN2O2. The number of aryl methyl sites for hydroxylation is 1. The van der Waals surface area contributed by atoms with Gasteiger partial charge in [0.05, 0.1) is 6.54 Å². The molecule has 0 unspecified atom stereocenters. The van der Waals surface area contributed by atoms with Crippen molar-refractivity contribution in [1.82, 2.24) is 9.80 Å². The molecule has 1 fully saturated rings. The molecule has 1 aromatic rings. The number of carboxylic acids is 1. The van der Waals surface area contributed by atoms with Gasteiger partial charge in [-0.2, -0.15) is 0 Å². The first kappa shape index (κ1) is 17.3. The topological polar surface area (TPSA) is 43.8 Å². The number of rotatable bonds is 6. The van der Waals surface area contributed by atoms with Gasteiger partial charge in [0.15, 0.2) is 0 Å². The molecule has 5 heteroatoms. The van der Waals surface area contributed by atoms with E-state index < -0.39 is 5.97 Å². The lowest BCUT2D eigenvalue weighted by molar-refractivity contribution is -0.139. The second-order valence-corrected chi connectivity index (χ2v) is 6.45. The third-order valence-corrected chi connectivity index (χ3v) is 4.87. The fourth-order valence-corrected chi connectivity index (χ4v) is 3.31. The highest BCUT2D eigenvalue weighted by Crippen LogP contribution is 2.21. The van der Waals surface area contributed by atoms with Crippen LogP contribution in [-0.2, 0) is 11.3 Å². The van der Waals surface area contributed by atoms with E-state index in [1.807, 2.05) is 19.9 Å². The molecule has 1 N–H and O–H groups in total. The number of carboxylic acid groups (broad SMARTS) is 1. The van der Waals surface area contributed by atoms with Crippen LogP contribution in [0.4, 0.5) is 0 Å². The predicted octanol–water partition coefficient (Wildman–Crippen LogP) is 3.02. The standard InChI is InChI=1S/C17H25ClN2O2/c1-3-20(12-17(21)22)15-6-8-19(9-7-15)11-14-5-4-13(2)16(18)10-14/h4-5,10,15H,3,6-9,11-12H2,1-2H3,(H,21,22). The van der Waals surface area contributed by atoms with E-state index in [2.05, 4.69) is 21.9 Å². The van der Waals surface area contributed by atoms with Gasteiger partial charge >= 0.3 is 5.97 Å². The van der Waals surface area contributed by atoms with Crippen LogP contribution in [0.3, 0.4) is 0 Å². The Morgan fingerprint density at radius 1 is 1.41 bits per heavy atom. The number of hydrogen-bond donors (Lipinski definition) is 1. The van der Waals surface area contributed by atoms with Crippen LogP contribution in [0, 0.1) is 6.92 Å². The van der Waals surface area contributed by atoms with Crippen LogP contribution in [-0.4, -0.2) is 53.1 Å². The Hall–Kier alpha value is -1.10. The summed E-state index contributed by atoms with van der Waals surface area (Å²) in [5, 5.41) is 9.80. The Kier molecular flexibility index (Phi) is 6.24. The van der Waals surface area contributed by atoms with Crippen molar-refractivity contribution in [3.05, 3.63) is 34.3 Å². The summed E-state index contributed by atoms with van der Waals surface area (Å²) in [6.07, 6.45) is 2.06. The molecule has 4 nitrogen and oxygen atoms in total. The first-order valence-corrected chi connectivity index (χ1v) is 8.30. The Labute approximate surface area is 137 Å². The molecule has 2 rings (SSSR count). The van der Waals surface area contributed by atoms with E-state index in [1.54, 1.807) is 0 Å². The number of aliphatic carboxylic acids is 1. The number of benzene rings is 1. The second kappa shape index (κ2) is 7.95. The van der Waals surface area contributed by atoms with Crippen molar-refractivity contribution in [2.24, 2.45) is 0 Å². The molecule has 0 atom stereocenters. The maximum Gasteiger partial charge on any atom is 0.317 e. The molecule has 1 heterocycles. The predicted molar refractivity (Wildman–Crippen MR) is 89.4 cm³/mol. The molecule has 1 aromatic carbocycles. The van der Waals surface area contributed by atoms with E-state index in [1.165, 1.54) is 5.56 Å². The highest BCUT2D eigenvalue weighted by Gasteiger charge is 2.24. The van der Waals surface area contributed by atoms with Gasteiger partial charge in [-0.1, -0.05) is 30.7 Å². The van der Waals surface area contributed by atoms with E-state index in [9.17, 15) is 4.79 Å². The Bertz CT molecular complexity index is 513. The van der Waals surface area contributed by atoms with Crippen LogP contribution < -0.4 is 0 Å². The average molecular weight is 325 g/mol.